The normalized spacial score (nSPS) is 17.3. The van der Waals surface area contributed by atoms with Gasteiger partial charge >= 0.3 is 0 Å². The molecule has 0 bridgehead atoms. The van der Waals surface area contributed by atoms with E-state index >= 15 is 0 Å². The Hall–Kier alpha value is -3.01. The van der Waals surface area contributed by atoms with Crippen LogP contribution in [0.3, 0.4) is 0 Å². The average Bonchev–Trinajstić information content (AvgIpc) is 2.99. The molecular weight excluding hydrogens is 540 g/mol. The first-order valence-electron chi connectivity index (χ1n) is 15.7. The van der Waals surface area contributed by atoms with Gasteiger partial charge in [-0.25, -0.2) is 0 Å². The van der Waals surface area contributed by atoms with Gasteiger partial charge in [0.15, 0.2) is 0 Å². The maximum Gasteiger partial charge on any atom is 0.252 e. The zero-order chi connectivity index (χ0) is 30.5. The number of hydrogen-bond donors (Lipinski definition) is 3. The quantitative estimate of drug-likeness (QED) is 0.291. The standard InChI is InChI=1S/C35H48N4O4/c1-6-39(29-9-13-42-14-10-29)33-20-28(30-8-7-27(18-24(30)3)22-38-11-15-43-16-12-38)19-31(26(33)5)34(40)36-21-32-23(2)17-25(4)37-35(32)41/h7-8,17-20,29,34,36,40H,6,9-16,21-22H2,1-5H3,(H,37,41). The van der Waals surface area contributed by atoms with Gasteiger partial charge in [0, 0.05) is 74.5 Å². The summed E-state index contributed by atoms with van der Waals surface area (Å²) in [5.41, 5.74) is 10.0. The molecule has 3 heterocycles. The van der Waals surface area contributed by atoms with Gasteiger partial charge < -0.3 is 24.5 Å². The Kier molecular flexibility index (Phi) is 10.4. The van der Waals surface area contributed by atoms with E-state index in [4.69, 9.17) is 9.47 Å². The number of nitrogens with zero attached hydrogens (tertiary/aromatic N) is 2. The number of anilines is 1. The number of morpholine rings is 1. The molecule has 43 heavy (non-hydrogen) atoms. The van der Waals surface area contributed by atoms with Crippen molar-refractivity contribution in [3.8, 4) is 11.1 Å². The van der Waals surface area contributed by atoms with Gasteiger partial charge in [-0.2, -0.15) is 0 Å². The van der Waals surface area contributed by atoms with Crippen molar-refractivity contribution in [3.63, 3.8) is 0 Å². The second kappa shape index (κ2) is 14.2. The molecule has 2 aliphatic heterocycles. The first-order chi connectivity index (χ1) is 20.7. The van der Waals surface area contributed by atoms with E-state index in [-0.39, 0.29) is 12.1 Å². The second-order valence-corrected chi connectivity index (χ2v) is 12.1. The first-order valence-corrected chi connectivity index (χ1v) is 15.7. The lowest BCUT2D eigenvalue weighted by Gasteiger charge is -2.37. The predicted molar refractivity (Wildman–Crippen MR) is 173 cm³/mol. The van der Waals surface area contributed by atoms with E-state index in [1.54, 1.807) is 0 Å². The van der Waals surface area contributed by atoms with Crippen LogP contribution < -0.4 is 15.8 Å². The van der Waals surface area contributed by atoms with Crippen LogP contribution in [0.15, 0.2) is 41.2 Å². The van der Waals surface area contributed by atoms with Crippen LogP contribution in [0.2, 0.25) is 0 Å². The molecule has 3 N–H and O–H groups in total. The second-order valence-electron chi connectivity index (χ2n) is 12.1. The molecule has 2 aromatic carbocycles. The van der Waals surface area contributed by atoms with Crippen molar-refractivity contribution in [2.45, 2.75) is 72.8 Å². The van der Waals surface area contributed by atoms with Gasteiger partial charge in [0.05, 0.1) is 13.2 Å². The summed E-state index contributed by atoms with van der Waals surface area (Å²) < 4.78 is 11.2. The van der Waals surface area contributed by atoms with Crippen molar-refractivity contribution in [2.24, 2.45) is 0 Å². The van der Waals surface area contributed by atoms with E-state index in [0.29, 0.717) is 11.6 Å². The van der Waals surface area contributed by atoms with Crippen molar-refractivity contribution < 1.29 is 14.6 Å². The smallest absolute Gasteiger partial charge is 0.252 e. The van der Waals surface area contributed by atoms with Crippen LogP contribution in [-0.4, -0.2) is 67.1 Å². The number of aliphatic hydroxyl groups excluding tert-OH is 1. The van der Waals surface area contributed by atoms with Crippen molar-refractivity contribution in [1.82, 2.24) is 15.2 Å². The topological polar surface area (TPSA) is 90.1 Å². The molecule has 8 nitrogen and oxygen atoms in total. The molecule has 2 aliphatic rings. The van der Waals surface area contributed by atoms with E-state index in [9.17, 15) is 9.90 Å². The zero-order valence-corrected chi connectivity index (χ0v) is 26.5. The van der Waals surface area contributed by atoms with Gasteiger partial charge in [0.25, 0.3) is 5.56 Å². The van der Waals surface area contributed by atoms with Crippen molar-refractivity contribution in [3.05, 3.63) is 85.8 Å². The number of ether oxygens (including phenoxy) is 2. The van der Waals surface area contributed by atoms with Crippen LogP contribution in [0.5, 0.6) is 0 Å². The fraction of sp³-hybridized carbons (Fsp3) is 0.514. The number of aromatic nitrogens is 1. The molecule has 0 amide bonds. The molecule has 2 fully saturated rings. The Balaban J connectivity index is 1.49. The number of nitrogens with one attached hydrogen (secondary N) is 2. The monoisotopic (exact) mass is 588 g/mol. The lowest BCUT2D eigenvalue weighted by atomic mass is 9.92. The molecular formula is C35H48N4O4. The molecule has 5 rings (SSSR count). The molecule has 3 aromatic rings. The molecule has 1 atom stereocenters. The highest BCUT2D eigenvalue weighted by Crippen LogP contribution is 2.37. The Morgan fingerprint density at radius 2 is 1.72 bits per heavy atom. The molecule has 1 unspecified atom stereocenters. The van der Waals surface area contributed by atoms with Gasteiger partial charge in [-0.15, -0.1) is 0 Å². The number of aryl methyl sites for hydroxylation is 3. The number of benzene rings is 2. The lowest BCUT2D eigenvalue weighted by molar-refractivity contribution is 0.0342. The van der Waals surface area contributed by atoms with Crippen LogP contribution in [0.1, 0.15) is 65.1 Å². The van der Waals surface area contributed by atoms with E-state index < -0.39 is 6.23 Å². The Morgan fingerprint density at radius 3 is 2.40 bits per heavy atom. The summed E-state index contributed by atoms with van der Waals surface area (Å²) >= 11 is 0. The highest BCUT2D eigenvalue weighted by atomic mass is 16.5. The third-order valence-corrected chi connectivity index (χ3v) is 9.07. The highest BCUT2D eigenvalue weighted by molar-refractivity contribution is 5.75. The third kappa shape index (κ3) is 7.39. The van der Waals surface area contributed by atoms with Crippen LogP contribution in [0.4, 0.5) is 5.69 Å². The molecule has 232 valence electrons. The van der Waals surface area contributed by atoms with Crippen molar-refractivity contribution in [2.75, 3.05) is 51.0 Å². The summed E-state index contributed by atoms with van der Waals surface area (Å²) in [5.74, 6) is 0. The predicted octanol–water partition coefficient (Wildman–Crippen LogP) is 4.89. The lowest BCUT2D eigenvalue weighted by Crippen LogP contribution is -2.40. The molecule has 0 spiro atoms. The summed E-state index contributed by atoms with van der Waals surface area (Å²) in [6, 6.07) is 13.5. The van der Waals surface area contributed by atoms with Crippen molar-refractivity contribution in [1.29, 1.82) is 0 Å². The Labute approximate surface area is 256 Å². The number of hydrogen-bond acceptors (Lipinski definition) is 7. The Morgan fingerprint density at radius 1 is 1.00 bits per heavy atom. The number of rotatable bonds is 10. The number of pyridine rings is 1. The zero-order valence-electron chi connectivity index (χ0n) is 26.5. The van der Waals surface area contributed by atoms with Crippen molar-refractivity contribution >= 4 is 5.69 Å². The van der Waals surface area contributed by atoms with Gasteiger partial charge in [0.2, 0.25) is 0 Å². The minimum Gasteiger partial charge on any atom is -0.381 e. The van der Waals surface area contributed by atoms with Crippen LogP contribution >= 0.6 is 0 Å². The maximum atomic E-state index is 12.7. The summed E-state index contributed by atoms with van der Waals surface area (Å²) in [6.45, 7) is 17.4. The molecule has 0 saturated carbocycles. The average molecular weight is 589 g/mol. The number of aliphatic hydroxyl groups is 1. The van der Waals surface area contributed by atoms with Gasteiger partial charge in [-0.05, 0) is 99.0 Å². The summed E-state index contributed by atoms with van der Waals surface area (Å²) in [4.78, 5) is 20.5. The van der Waals surface area contributed by atoms with Gasteiger partial charge in [-0.3, -0.25) is 15.0 Å². The van der Waals surface area contributed by atoms with E-state index in [2.05, 4.69) is 71.2 Å². The summed E-state index contributed by atoms with van der Waals surface area (Å²) in [5, 5.41) is 14.8. The molecule has 8 heteroatoms. The van der Waals surface area contributed by atoms with E-state index in [1.165, 1.54) is 11.1 Å². The molecule has 1 aromatic heterocycles. The van der Waals surface area contributed by atoms with Crippen LogP contribution in [-0.2, 0) is 22.6 Å². The highest BCUT2D eigenvalue weighted by Gasteiger charge is 2.25. The number of H-pyrrole nitrogens is 1. The molecule has 0 radical (unpaired) electrons. The summed E-state index contributed by atoms with van der Waals surface area (Å²) in [7, 11) is 0. The minimum absolute atomic E-state index is 0.118. The fourth-order valence-corrected chi connectivity index (χ4v) is 6.66. The third-order valence-electron chi connectivity index (χ3n) is 9.07. The van der Waals surface area contributed by atoms with E-state index in [0.717, 1.165) is 105 Å². The van der Waals surface area contributed by atoms with Gasteiger partial charge in [-0.1, -0.05) is 18.2 Å². The fourth-order valence-electron chi connectivity index (χ4n) is 6.66. The Bertz CT molecular complexity index is 1460. The molecule has 0 aliphatic carbocycles. The SMILES string of the molecule is CCN(c1cc(-c2ccc(CN3CCOCC3)cc2C)cc(C(O)NCc2c(C)cc(C)[nH]c2=O)c1C)C1CCOCC1. The minimum atomic E-state index is -0.937. The van der Waals surface area contributed by atoms with E-state index in [1.807, 2.05) is 19.9 Å². The largest absolute Gasteiger partial charge is 0.381 e. The van der Waals surface area contributed by atoms with Crippen LogP contribution in [0, 0.1) is 27.7 Å². The van der Waals surface area contributed by atoms with Gasteiger partial charge in [0.1, 0.15) is 6.23 Å². The summed E-state index contributed by atoms with van der Waals surface area (Å²) in [6.07, 6.45) is 1.03. The molecule has 2 saturated heterocycles. The van der Waals surface area contributed by atoms with Crippen LogP contribution in [0.25, 0.3) is 11.1 Å². The maximum absolute atomic E-state index is 12.7. The number of aromatic amines is 1. The first kappa shape index (κ1) is 31.4.